The van der Waals surface area contributed by atoms with Crippen molar-refractivity contribution in [2.45, 2.75) is 11.8 Å². The molecule has 154 valence electrons. The van der Waals surface area contributed by atoms with Gasteiger partial charge in [0.1, 0.15) is 10.6 Å². The number of hydrogen-bond donors (Lipinski definition) is 3. The van der Waals surface area contributed by atoms with Crippen LogP contribution in [0.15, 0.2) is 75.8 Å². The minimum Gasteiger partial charge on any atom is -0.508 e. The number of phenolic OH excluding ortho intramolecular Hbond substituents is 1. The third-order valence-electron chi connectivity index (χ3n) is 4.06. The van der Waals surface area contributed by atoms with Crippen molar-refractivity contribution in [2.24, 2.45) is 10.2 Å². The standard InChI is InChI=1S/C19H16N4O6S/c1-12-10-15(6-8-18(12)24)22-21-14-4-2-13(3-5-14)20-17-11-16(23(25)26)7-9-19(17)30(27,28)29/h2-11,20,24H,1H3,(H,27,28,29). The van der Waals surface area contributed by atoms with Crippen molar-refractivity contribution >= 4 is 38.6 Å². The van der Waals surface area contributed by atoms with Gasteiger partial charge < -0.3 is 10.4 Å². The van der Waals surface area contributed by atoms with E-state index in [9.17, 15) is 28.2 Å². The molecule has 0 heterocycles. The summed E-state index contributed by atoms with van der Waals surface area (Å²) in [5, 5.41) is 31.4. The monoisotopic (exact) mass is 428 g/mol. The lowest BCUT2D eigenvalue weighted by Crippen LogP contribution is -2.04. The van der Waals surface area contributed by atoms with E-state index in [1.807, 2.05) is 0 Å². The first kappa shape index (κ1) is 20.9. The molecule has 0 saturated heterocycles. The Morgan fingerprint density at radius 3 is 2.20 bits per heavy atom. The number of anilines is 2. The smallest absolute Gasteiger partial charge is 0.296 e. The molecule has 0 aliphatic heterocycles. The van der Waals surface area contributed by atoms with Crippen molar-refractivity contribution in [3.8, 4) is 5.75 Å². The molecule has 10 nitrogen and oxygen atoms in total. The minimum absolute atomic E-state index is 0.138. The molecule has 0 amide bonds. The molecular weight excluding hydrogens is 412 g/mol. The summed E-state index contributed by atoms with van der Waals surface area (Å²) in [6.45, 7) is 1.74. The highest BCUT2D eigenvalue weighted by molar-refractivity contribution is 7.86. The molecule has 0 saturated carbocycles. The van der Waals surface area contributed by atoms with Crippen molar-refractivity contribution in [1.29, 1.82) is 0 Å². The number of phenols is 1. The summed E-state index contributed by atoms with van der Waals surface area (Å²) in [4.78, 5) is 9.81. The summed E-state index contributed by atoms with van der Waals surface area (Å²) >= 11 is 0. The average molecular weight is 428 g/mol. The summed E-state index contributed by atoms with van der Waals surface area (Å²) in [5.74, 6) is 0.162. The van der Waals surface area contributed by atoms with Crippen molar-refractivity contribution in [3.05, 3.63) is 76.3 Å². The zero-order valence-electron chi connectivity index (χ0n) is 15.6. The van der Waals surface area contributed by atoms with Gasteiger partial charge in [0.25, 0.3) is 15.8 Å². The maximum absolute atomic E-state index is 11.5. The van der Waals surface area contributed by atoms with E-state index in [1.165, 1.54) is 6.07 Å². The third-order valence-corrected chi connectivity index (χ3v) is 4.97. The number of benzene rings is 3. The van der Waals surface area contributed by atoms with E-state index in [0.717, 1.165) is 18.2 Å². The highest BCUT2D eigenvalue weighted by Gasteiger charge is 2.19. The molecule has 30 heavy (non-hydrogen) atoms. The van der Waals surface area contributed by atoms with E-state index in [2.05, 4.69) is 15.5 Å². The van der Waals surface area contributed by atoms with E-state index < -0.39 is 19.9 Å². The lowest BCUT2D eigenvalue weighted by molar-refractivity contribution is -0.384. The van der Waals surface area contributed by atoms with Crippen molar-refractivity contribution in [2.75, 3.05) is 5.32 Å². The van der Waals surface area contributed by atoms with Crippen LogP contribution in [0.25, 0.3) is 0 Å². The largest absolute Gasteiger partial charge is 0.508 e. The number of azo groups is 1. The maximum atomic E-state index is 11.5. The number of aryl methyl sites for hydroxylation is 1. The summed E-state index contributed by atoms with van der Waals surface area (Å²) in [7, 11) is -4.59. The normalized spacial score (nSPS) is 11.5. The number of hydrogen-bond acceptors (Lipinski definition) is 8. The summed E-state index contributed by atoms with van der Waals surface area (Å²) in [6.07, 6.45) is 0. The van der Waals surface area contributed by atoms with Crippen LogP contribution in [0.2, 0.25) is 0 Å². The molecule has 3 aromatic carbocycles. The molecule has 0 aromatic heterocycles. The zero-order chi connectivity index (χ0) is 21.9. The van der Waals surface area contributed by atoms with Gasteiger partial charge in [0.05, 0.1) is 22.0 Å². The van der Waals surface area contributed by atoms with Crippen LogP contribution in [0.4, 0.5) is 28.4 Å². The molecule has 3 N–H and O–H groups in total. The second kappa shape index (κ2) is 8.27. The van der Waals surface area contributed by atoms with Gasteiger partial charge in [-0.25, -0.2) is 0 Å². The van der Waals surface area contributed by atoms with E-state index in [-0.39, 0.29) is 17.1 Å². The number of non-ortho nitro benzene ring substituents is 1. The van der Waals surface area contributed by atoms with Crippen LogP contribution in [-0.4, -0.2) is 23.0 Å². The molecule has 0 aliphatic rings. The minimum atomic E-state index is -4.59. The van der Waals surface area contributed by atoms with Crippen LogP contribution >= 0.6 is 0 Å². The molecule has 3 aromatic rings. The molecule has 11 heteroatoms. The van der Waals surface area contributed by atoms with Crippen LogP contribution in [0.1, 0.15) is 5.56 Å². The number of nitro groups is 1. The third kappa shape index (κ3) is 4.96. The Labute approximate surface area is 171 Å². The summed E-state index contributed by atoms with van der Waals surface area (Å²) < 4.78 is 32.4. The summed E-state index contributed by atoms with van der Waals surface area (Å²) in [5.41, 5.74) is 1.67. The van der Waals surface area contributed by atoms with Crippen LogP contribution in [0.3, 0.4) is 0 Å². The second-order valence-corrected chi connectivity index (χ2v) is 7.65. The van der Waals surface area contributed by atoms with Gasteiger partial charge in [-0.3, -0.25) is 14.7 Å². The SMILES string of the molecule is Cc1cc(N=Nc2ccc(Nc3cc([N+](=O)[O-])ccc3S(=O)(=O)O)cc2)ccc1O. The number of nitrogens with zero attached hydrogens (tertiary/aromatic N) is 3. The molecule has 0 aliphatic carbocycles. The number of nitro benzene ring substituents is 1. The molecule has 0 radical (unpaired) electrons. The van der Waals surface area contributed by atoms with Gasteiger partial charge in [-0.05, 0) is 61.0 Å². The zero-order valence-corrected chi connectivity index (χ0v) is 16.4. The number of rotatable bonds is 6. The molecule has 0 atom stereocenters. The highest BCUT2D eigenvalue weighted by atomic mass is 32.2. The predicted octanol–water partition coefficient (Wildman–Crippen LogP) is 5.01. The lowest BCUT2D eigenvalue weighted by Gasteiger charge is -2.10. The Hall–Kier alpha value is -3.83. The van der Waals surface area contributed by atoms with E-state index >= 15 is 0 Å². The fourth-order valence-corrected chi connectivity index (χ4v) is 3.17. The Kier molecular flexibility index (Phi) is 5.76. The molecule has 0 unspecified atom stereocenters. The number of nitrogens with one attached hydrogen (secondary N) is 1. The fraction of sp³-hybridized carbons (Fsp3) is 0.0526. The van der Waals surface area contributed by atoms with Crippen molar-refractivity contribution in [3.63, 3.8) is 0 Å². The first-order chi connectivity index (χ1) is 14.1. The van der Waals surface area contributed by atoms with Gasteiger partial charge in [-0.15, -0.1) is 0 Å². The highest BCUT2D eigenvalue weighted by Crippen LogP contribution is 2.30. The van der Waals surface area contributed by atoms with Gasteiger partial charge in [0, 0.05) is 17.8 Å². The average Bonchev–Trinajstić information content (AvgIpc) is 2.69. The topological polar surface area (TPSA) is 154 Å². The molecule has 3 rings (SSSR count). The van der Waals surface area contributed by atoms with Crippen LogP contribution in [0, 0.1) is 17.0 Å². The summed E-state index contributed by atoms with van der Waals surface area (Å²) in [6, 6.07) is 14.1. The van der Waals surface area contributed by atoms with Gasteiger partial charge in [-0.2, -0.15) is 18.6 Å². The maximum Gasteiger partial charge on any atom is 0.296 e. The Balaban J connectivity index is 1.83. The first-order valence-electron chi connectivity index (χ1n) is 8.48. The predicted molar refractivity (Wildman–Crippen MR) is 110 cm³/mol. The van der Waals surface area contributed by atoms with Gasteiger partial charge in [-0.1, -0.05) is 0 Å². The Bertz CT molecular complexity index is 1240. The lowest BCUT2D eigenvalue weighted by atomic mass is 10.2. The first-order valence-corrected chi connectivity index (χ1v) is 9.92. The van der Waals surface area contributed by atoms with Crippen LogP contribution in [-0.2, 0) is 10.1 Å². The number of aromatic hydroxyl groups is 1. The van der Waals surface area contributed by atoms with Gasteiger partial charge in [0.2, 0.25) is 0 Å². The van der Waals surface area contributed by atoms with Crippen molar-refractivity contribution < 1.29 is 23.0 Å². The second-order valence-electron chi connectivity index (χ2n) is 6.26. The van der Waals surface area contributed by atoms with Gasteiger partial charge >= 0.3 is 0 Å². The molecule has 0 bridgehead atoms. The molecule has 0 spiro atoms. The van der Waals surface area contributed by atoms with Gasteiger partial charge in [0.15, 0.2) is 0 Å². The fourth-order valence-electron chi connectivity index (χ4n) is 2.54. The van der Waals surface area contributed by atoms with E-state index in [1.54, 1.807) is 43.3 Å². The van der Waals surface area contributed by atoms with E-state index in [4.69, 9.17) is 0 Å². The molecule has 0 fully saturated rings. The van der Waals surface area contributed by atoms with E-state index in [0.29, 0.717) is 22.6 Å². The quantitative estimate of drug-likeness (QED) is 0.216. The Morgan fingerprint density at radius 2 is 1.60 bits per heavy atom. The van der Waals surface area contributed by atoms with Crippen LogP contribution < -0.4 is 5.32 Å². The Morgan fingerprint density at radius 1 is 0.967 bits per heavy atom. The van der Waals surface area contributed by atoms with Crippen molar-refractivity contribution in [1.82, 2.24) is 0 Å². The molecular formula is C19H16N4O6S. The van der Waals surface area contributed by atoms with Crippen LogP contribution in [0.5, 0.6) is 5.75 Å².